The van der Waals surface area contributed by atoms with Crippen molar-refractivity contribution in [3.63, 3.8) is 0 Å². The van der Waals surface area contributed by atoms with Gasteiger partial charge in [0, 0.05) is 0 Å². The zero-order chi connectivity index (χ0) is 18.5. The van der Waals surface area contributed by atoms with Crippen LogP contribution in [0.3, 0.4) is 0 Å². The number of aliphatic hydroxyl groups is 1. The summed E-state index contributed by atoms with van der Waals surface area (Å²) >= 11 is 0. The molecule has 0 unspecified atom stereocenters. The molecule has 0 heterocycles. The molecular formula is C15H18F3NO5. The number of rotatable bonds is 6. The molecule has 0 aliphatic heterocycles. The summed E-state index contributed by atoms with van der Waals surface area (Å²) in [6.45, 7) is 2.62. The van der Waals surface area contributed by atoms with E-state index in [0.29, 0.717) is 0 Å². The van der Waals surface area contributed by atoms with E-state index < -0.39 is 30.1 Å². The predicted molar refractivity (Wildman–Crippen MR) is 78.6 cm³/mol. The molecule has 0 saturated heterocycles. The number of halogens is 3. The van der Waals surface area contributed by atoms with Gasteiger partial charge in [-0.3, -0.25) is 4.79 Å². The quantitative estimate of drug-likeness (QED) is 0.769. The lowest BCUT2D eigenvalue weighted by Crippen LogP contribution is -2.54. The SMILES string of the molecule is CCOC(=O)[C@@](O)(CC(=O)Nc1cc(C)ccc1OC)C(F)(F)F. The lowest BCUT2D eigenvalue weighted by Gasteiger charge is -2.27. The van der Waals surface area contributed by atoms with E-state index in [4.69, 9.17) is 4.74 Å². The monoisotopic (exact) mass is 349 g/mol. The van der Waals surface area contributed by atoms with Crippen molar-refractivity contribution >= 4 is 17.6 Å². The van der Waals surface area contributed by atoms with Crippen LogP contribution >= 0.6 is 0 Å². The number of benzene rings is 1. The number of hydrogen-bond acceptors (Lipinski definition) is 5. The minimum atomic E-state index is -5.37. The summed E-state index contributed by atoms with van der Waals surface area (Å²) in [4.78, 5) is 23.4. The highest BCUT2D eigenvalue weighted by Gasteiger charge is 2.61. The Hall–Kier alpha value is -2.29. The van der Waals surface area contributed by atoms with Crippen molar-refractivity contribution in [1.29, 1.82) is 0 Å². The molecule has 0 aliphatic rings. The Balaban J connectivity index is 3.02. The summed E-state index contributed by atoms with van der Waals surface area (Å²) in [7, 11) is 1.32. The number of carbonyl (C=O) groups excluding carboxylic acids is 2. The number of aryl methyl sites for hydroxylation is 1. The summed E-state index contributed by atoms with van der Waals surface area (Å²) in [5.74, 6) is -2.92. The van der Waals surface area contributed by atoms with E-state index in [9.17, 15) is 27.9 Å². The minimum absolute atomic E-state index is 0.121. The van der Waals surface area contributed by atoms with Gasteiger partial charge >= 0.3 is 12.1 Å². The van der Waals surface area contributed by atoms with Crippen molar-refractivity contribution < 1.29 is 37.3 Å². The Bertz CT molecular complexity index is 618. The number of amides is 1. The highest BCUT2D eigenvalue weighted by Crippen LogP contribution is 2.35. The van der Waals surface area contributed by atoms with Gasteiger partial charge < -0.3 is 19.9 Å². The predicted octanol–water partition coefficient (Wildman–Crippen LogP) is 2.19. The average molecular weight is 349 g/mol. The van der Waals surface area contributed by atoms with Gasteiger partial charge in [-0.15, -0.1) is 0 Å². The van der Waals surface area contributed by atoms with Crippen LogP contribution in [0.5, 0.6) is 5.75 Å². The first kappa shape index (κ1) is 19.8. The molecule has 0 aliphatic carbocycles. The third-order valence-corrected chi connectivity index (χ3v) is 3.13. The molecule has 9 heteroatoms. The fraction of sp³-hybridized carbons (Fsp3) is 0.467. The van der Waals surface area contributed by atoms with Crippen LogP contribution in [0.2, 0.25) is 0 Å². The van der Waals surface area contributed by atoms with Crippen LogP contribution < -0.4 is 10.1 Å². The summed E-state index contributed by atoms with van der Waals surface area (Å²) in [5, 5.41) is 11.9. The molecule has 134 valence electrons. The van der Waals surface area contributed by atoms with Crippen LogP contribution in [0, 0.1) is 6.92 Å². The molecule has 0 spiro atoms. The largest absolute Gasteiger partial charge is 0.495 e. The van der Waals surface area contributed by atoms with Gasteiger partial charge in [-0.2, -0.15) is 13.2 Å². The van der Waals surface area contributed by atoms with Crippen molar-refractivity contribution in [2.75, 3.05) is 19.0 Å². The number of ether oxygens (including phenoxy) is 2. The Morgan fingerprint density at radius 3 is 2.42 bits per heavy atom. The van der Waals surface area contributed by atoms with E-state index in [0.717, 1.165) is 5.56 Å². The molecule has 1 aromatic rings. The number of hydrogen-bond donors (Lipinski definition) is 2. The zero-order valence-electron chi connectivity index (χ0n) is 13.4. The van der Waals surface area contributed by atoms with E-state index >= 15 is 0 Å². The molecule has 0 bridgehead atoms. The van der Waals surface area contributed by atoms with Gasteiger partial charge in [0.25, 0.3) is 5.60 Å². The second-order valence-corrected chi connectivity index (χ2v) is 5.01. The van der Waals surface area contributed by atoms with Gasteiger partial charge in [0.1, 0.15) is 5.75 Å². The molecule has 2 N–H and O–H groups in total. The van der Waals surface area contributed by atoms with Crippen LogP contribution in [0.4, 0.5) is 18.9 Å². The molecule has 1 amide bonds. The van der Waals surface area contributed by atoms with Crippen LogP contribution in [0.15, 0.2) is 18.2 Å². The number of nitrogens with one attached hydrogen (secondary N) is 1. The number of methoxy groups -OCH3 is 1. The van der Waals surface area contributed by atoms with Gasteiger partial charge in [-0.25, -0.2) is 4.79 Å². The van der Waals surface area contributed by atoms with Gasteiger partial charge in [0.05, 0.1) is 25.8 Å². The van der Waals surface area contributed by atoms with Gasteiger partial charge in [-0.1, -0.05) is 6.07 Å². The molecule has 1 aromatic carbocycles. The third-order valence-electron chi connectivity index (χ3n) is 3.13. The summed E-state index contributed by atoms with van der Waals surface area (Å²) < 4.78 is 48.3. The third kappa shape index (κ3) is 4.38. The lowest BCUT2D eigenvalue weighted by molar-refractivity contribution is -0.262. The first-order valence-electron chi connectivity index (χ1n) is 6.96. The summed E-state index contributed by atoms with van der Waals surface area (Å²) in [5.41, 5.74) is -3.08. The Kier molecular flexibility index (Phi) is 6.19. The molecule has 0 radical (unpaired) electrons. The second-order valence-electron chi connectivity index (χ2n) is 5.01. The van der Waals surface area contributed by atoms with Crippen molar-refractivity contribution in [2.45, 2.75) is 32.0 Å². The number of anilines is 1. The maximum Gasteiger partial charge on any atom is 0.428 e. The minimum Gasteiger partial charge on any atom is -0.495 e. The highest BCUT2D eigenvalue weighted by molar-refractivity contribution is 5.97. The van der Waals surface area contributed by atoms with E-state index in [1.807, 2.05) is 0 Å². The van der Waals surface area contributed by atoms with Crippen LogP contribution in [0.1, 0.15) is 18.9 Å². The first-order valence-corrected chi connectivity index (χ1v) is 6.96. The normalized spacial score (nSPS) is 13.8. The first-order chi connectivity index (χ1) is 11.0. The van der Waals surface area contributed by atoms with Crippen LogP contribution in [-0.2, 0) is 14.3 Å². The van der Waals surface area contributed by atoms with Crippen molar-refractivity contribution in [3.05, 3.63) is 23.8 Å². The summed E-state index contributed by atoms with van der Waals surface area (Å²) in [6, 6.07) is 4.68. The molecule has 1 atom stereocenters. The van der Waals surface area contributed by atoms with E-state index in [-0.39, 0.29) is 18.0 Å². The molecule has 0 saturated carbocycles. The maximum absolute atomic E-state index is 13.0. The molecule has 0 aromatic heterocycles. The number of esters is 1. The Labute approximate surface area is 136 Å². The maximum atomic E-state index is 13.0. The molecule has 24 heavy (non-hydrogen) atoms. The van der Waals surface area contributed by atoms with E-state index in [2.05, 4.69) is 10.1 Å². The van der Waals surface area contributed by atoms with Crippen LogP contribution in [0.25, 0.3) is 0 Å². The van der Waals surface area contributed by atoms with Gasteiger partial charge in [-0.05, 0) is 31.5 Å². The second kappa shape index (κ2) is 7.52. The molecule has 1 rings (SSSR count). The smallest absolute Gasteiger partial charge is 0.428 e. The van der Waals surface area contributed by atoms with Crippen molar-refractivity contribution in [1.82, 2.24) is 0 Å². The lowest BCUT2D eigenvalue weighted by atomic mass is 9.98. The van der Waals surface area contributed by atoms with Gasteiger partial charge in [0.2, 0.25) is 5.91 Å². The van der Waals surface area contributed by atoms with Crippen molar-refractivity contribution in [2.24, 2.45) is 0 Å². The molecule has 0 fully saturated rings. The van der Waals surface area contributed by atoms with Gasteiger partial charge in [0.15, 0.2) is 0 Å². The zero-order valence-corrected chi connectivity index (χ0v) is 13.4. The molecular weight excluding hydrogens is 331 g/mol. The Morgan fingerprint density at radius 2 is 1.92 bits per heavy atom. The topological polar surface area (TPSA) is 84.9 Å². The Morgan fingerprint density at radius 1 is 1.29 bits per heavy atom. The van der Waals surface area contributed by atoms with E-state index in [1.54, 1.807) is 13.0 Å². The standard InChI is InChI=1S/C15H18F3NO5/c1-4-24-13(21)14(22,15(16,17)18)8-12(20)19-10-7-9(2)5-6-11(10)23-3/h5-7,22H,4,8H2,1-3H3,(H,19,20)/t14-/m0/s1. The number of carbonyl (C=O) groups is 2. The van der Waals surface area contributed by atoms with E-state index in [1.165, 1.54) is 26.2 Å². The average Bonchev–Trinajstić information content (AvgIpc) is 2.46. The highest BCUT2D eigenvalue weighted by atomic mass is 19.4. The fourth-order valence-corrected chi connectivity index (χ4v) is 1.88. The number of alkyl halides is 3. The fourth-order valence-electron chi connectivity index (χ4n) is 1.88. The summed E-state index contributed by atoms with van der Waals surface area (Å²) in [6.07, 6.45) is -6.90. The van der Waals surface area contributed by atoms with Crippen molar-refractivity contribution in [3.8, 4) is 5.75 Å². The van der Waals surface area contributed by atoms with Crippen LogP contribution in [-0.4, -0.2) is 42.5 Å². The molecule has 6 nitrogen and oxygen atoms in total.